The lowest BCUT2D eigenvalue weighted by molar-refractivity contribution is -0.137. The molecule has 0 radical (unpaired) electrons. The molecule has 0 aromatic carbocycles. The largest absolute Gasteiger partial charge is 0.344 e. The molecule has 21 heavy (non-hydrogen) atoms. The molecule has 0 aliphatic carbocycles. The lowest BCUT2D eigenvalue weighted by atomic mass is 9.85. The molecule has 2 amide bonds. The summed E-state index contributed by atoms with van der Waals surface area (Å²) in [5.41, 5.74) is -0.250. The lowest BCUT2D eigenvalue weighted by Crippen LogP contribution is -2.52. The molecule has 4 nitrogen and oxygen atoms in total. The van der Waals surface area contributed by atoms with Crippen LogP contribution in [-0.4, -0.2) is 35.8 Å². The Morgan fingerprint density at radius 1 is 1.29 bits per heavy atom. The summed E-state index contributed by atoms with van der Waals surface area (Å²) in [4.78, 5) is 26.6. The van der Waals surface area contributed by atoms with Crippen LogP contribution in [0.3, 0.4) is 0 Å². The first-order valence-electron chi connectivity index (χ1n) is 8.37. The number of hydrogen-bond donors (Lipinski definition) is 1. The molecule has 1 heterocycles. The van der Waals surface area contributed by atoms with E-state index in [1.165, 1.54) is 19.3 Å². The van der Waals surface area contributed by atoms with Gasteiger partial charge in [0.2, 0.25) is 11.8 Å². The number of amides is 2. The van der Waals surface area contributed by atoms with E-state index >= 15 is 0 Å². The van der Waals surface area contributed by atoms with Gasteiger partial charge in [-0.2, -0.15) is 0 Å². The average Bonchev–Trinajstić information content (AvgIpc) is 2.55. The van der Waals surface area contributed by atoms with E-state index < -0.39 is 6.04 Å². The molecule has 1 N–H and O–H groups in total. The predicted molar refractivity (Wildman–Crippen MR) is 85.9 cm³/mol. The number of nitrogens with zero attached hydrogens (tertiary/aromatic N) is 1. The van der Waals surface area contributed by atoms with Crippen molar-refractivity contribution in [1.82, 2.24) is 10.2 Å². The fourth-order valence-electron chi connectivity index (χ4n) is 2.82. The number of carbonyl (C=O) groups is 2. The van der Waals surface area contributed by atoms with E-state index in [-0.39, 0.29) is 17.2 Å². The van der Waals surface area contributed by atoms with Crippen LogP contribution in [0.4, 0.5) is 0 Å². The van der Waals surface area contributed by atoms with Crippen molar-refractivity contribution >= 4 is 11.8 Å². The van der Waals surface area contributed by atoms with E-state index in [1.54, 1.807) is 0 Å². The zero-order valence-electron chi connectivity index (χ0n) is 14.4. The summed E-state index contributed by atoms with van der Waals surface area (Å²) < 4.78 is 0. The second-order valence-corrected chi connectivity index (χ2v) is 7.32. The average molecular weight is 296 g/mol. The Balaban J connectivity index is 2.79. The summed E-state index contributed by atoms with van der Waals surface area (Å²) in [5, 5.41) is 2.90. The highest BCUT2D eigenvalue weighted by Gasteiger charge is 2.38. The Morgan fingerprint density at radius 3 is 2.48 bits per heavy atom. The molecular weight excluding hydrogens is 264 g/mol. The minimum absolute atomic E-state index is 0.00705. The summed E-state index contributed by atoms with van der Waals surface area (Å²) in [7, 11) is 0. The molecule has 0 spiro atoms. The SMILES string of the molecule is CCCCC(CC)CN1CCC(=O)NC(C(C)(C)C)C1=O. The second-order valence-electron chi connectivity index (χ2n) is 7.32. The zero-order chi connectivity index (χ0) is 16.0. The quantitative estimate of drug-likeness (QED) is 0.819. The first kappa shape index (κ1) is 18.0. The molecule has 1 fully saturated rings. The third kappa shape index (κ3) is 5.33. The van der Waals surface area contributed by atoms with Crippen molar-refractivity contribution in [2.75, 3.05) is 13.1 Å². The fourth-order valence-corrected chi connectivity index (χ4v) is 2.82. The van der Waals surface area contributed by atoms with Crippen LogP contribution in [0.15, 0.2) is 0 Å². The summed E-state index contributed by atoms with van der Waals surface area (Å²) in [6.45, 7) is 11.8. The third-order valence-corrected chi connectivity index (χ3v) is 4.36. The predicted octanol–water partition coefficient (Wildman–Crippen LogP) is 2.97. The van der Waals surface area contributed by atoms with Crippen molar-refractivity contribution in [3.8, 4) is 0 Å². The van der Waals surface area contributed by atoms with E-state index in [4.69, 9.17) is 0 Å². The van der Waals surface area contributed by atoms with Crippen LogP contribution in [0.5, 0.6) is 0 Å². The first-order chi connectivity index (χ1) is 9.79. The molecular formula is C17H32N2O2. The Bertz CT molecular complexity index is 360. The summed E-state index contributed by atoms with van der Waals surface area (Å²) in [5.74, 6) is 0.624. The van der Waals surface area contributed by atoms with Gasteiger partial charge in [-0.1, -0.05) is 53.9 Å². The van der Waals surface area contributed by atoms with Gasteiger partial charge in [-0.25, -0.2) is 0 Å². The van der Waals surface area contributed by atoms with E-state index in [0.717, 1.165) is 13.0 Å². The maximum Gasteiger partial charge on any atom is 0.245 e. The highest BCUT2D eigenvalue weighted by molar-refractivity contribution is 5.90. The number of rotatable bonds is 6. The van der Waals surface area contributed by atoms with Gasteiger partial charge in [0, 0.05) is 19.5 Å². The van der Waals surface area contributed by atoms with Crippen LogP contribution in [0.2, 0.25) is 0 Å². The summed E-state index contributed by atoms with van der Waals surface area (Å²) in [6.07, 6.45) is 5.07. The van der Waals surface area contributed by atoms with Crippen molar-refractivity contribution in [2.24, 2.45) is 11.3 Å². The van der Waals surface area contributed by atoms with Gasteiger partial charge in [0.25, 0.3) is 0 Å². The van der Waals surface area contributed by atoms with Crippen LogP contribution in [-0.2, 0) is 9.59 Å². The first-order valence-corrected chi connectivity index (χ1v) is 8.37. The monoisotopic (exact) mass is 296 g/mol. The number of carbonyl (C=O) groups excluding carboxylic acids is 2. The van der Waals surface area contributed by atoms with Gasteiger partial charge in [0.05, 0.1) is 0 Å². The minimum atomic E-state index is -0.406. The Morgan fingerprint density at radius 2 is 1.95 bits per heavy atom. The lowest BCUT2D eigenvalue weighted by Gasteiger charge is -2.33. The molecule has 1 saturated heterocycles. The molecule has 122 valence electrons. The maximum absolute atomic E-state index is 12.8. The van der Waals surface area contributed by atoms with Gasteiger partial charge >= 0.3 is 0 Å². The number of unbranched alkanes of at least 4 members (excludes halogenated alkanes) is 1. The Kier molecular flexibility index (Phi) is 6.69. The Hall–Kier alpha value is -1.06. The van der Waals surface area contributed by atoms with E-state index in [2.05, 4.69) is 19.2 Å². The standard InChI is InChI=1S/C17H32N2O2/c1-6-8-9-13(7-2)12-19-11-10-14(20)18-15(16(19)21)17(3,4)5/h13,15H,6-12H2,1-5H3,(H,18,20). The third-order valence-electron chi connectivity index (χ3n) is 4.36. The van der Waals surface area contributed by atoms with E-state index in [9.17, 15) is 9.59 Å². The molecule has 0 aromatic rings. The second kappa shape index (κ2) is 7.81. The highest BCUT2D eigenvalue weighted by Crippen LogP contribution is 2.24. The van der Waals surface area contributed by atoms with Crippen LogP contribution in [0.25, 0.3) is 0 Å². The van der Waals surface area contributed by atoms with Gasteiger partial charge < -0.3 is 10.2 Å². The normalized spacial score (nSPS) is 22.0. The summed E-state index contributed by atoms with van der Waals surface area (Å²) in [6, 6.07) is -0.406. The number of hydrogen-bond acceptors (Lipinski definition) is 2. The molecule has 0 aromatic heterocycles. The molecule has 0 bridgehead atoms. The smallest absolute Gasteiger partial charge is 0.245 e. The van der Waals surface area contributed by atoms with Gasteiger partial charge in [-0.15, -0.1) is 0 Å². The number of nitrogens with one attached hydrogen (secondary N) is 1. The van der Waals surface area contributed by atoms with Crippen molar-refractivity contribution in [1.29, 1.82) is 0 Å². The van der Waals surface area contributed by atoms with Crippen LogP contribution >= 0.6 is 0 Å². The maximum atomic E-state index is 12.8. The fraction of sp³-hybridized carbons (Fsp3) is 0.882. The van der Waals surface area contributed by atoms with Crippen LogP contribution < -0.4 is 5.32 Å². The van der Waals surface area contributed by atoms with Crippen molar-refractivity contribution < 1.29 is 9.59 Å². The van der Waals surface area contributed by atoms with Gasteiger partial charge in [-0.05, 0) is 17.8 Å². The molecule has 2 unspecified atom stereocenters. The van der Waals surface area contributed by atoms with E-state index in [0.29, 0.717) is 18.9 Å². The molecule has 1 aliphatic rings. The Labute approximate surface area is 129 Å². The van der Waals surface area contributed by atoms with Gasteiger partial charge in [0.1, 0.15) is 6.04 Å². The molecule has 4 heteroatoms. The van der Waals surface area contributed by atoms with Crippen molar-refractivity contribution in [2.45, 2.75) is 72.8 Å². The summed E-state index contributed by atoms with van der Waals surface area (Å²) >= 11 is 0. The van der Waals surface area contributed by atoms with Crippen LogP contribution in [0, 0.1) is 11.3 Å². The minimum Gasteiger partial charge on any atom is -0.344 e. The van der Waals surface area contributed by atoms with Crippen molar-refractivity contribution in [3.63, 3.8) is 0 Å². The molecule has 1 aliphatic heterocycles. The van der Waals surface area contributed by atoms with Gasteiger partial charge in [0.15, 0.2) is 0 Å². The van der Waals surface area contributed by atoms with E-state index in [1.807, 2.05) is 25.7 Å². The molecule has 2 atom stereocenters. The van der Waals surface area contributed by atoms with Crippen LogP contribution in [0.1, 0.15) is 66.7 Å². The molecule has 1 rings (SSSR count). The molecule has 0 saturated carbocycles. The zero-order valence-corrected chi connectivity index (χ0v) is 14.4. The topological polar surface area (TPSA) is 49.4 Å². The van der Waals surface area contributed by atoms with Crippen molar-refractivity contribution in [3.05, 3.63) is 0 Å². The van der Waals surface area contributed by atoms with Gasteiger partial charge in [-0.3, -0.25) is 9.59 Å². The highest BCUT2D eigenvalue weighted by atomic mass is 16.2.